The van der Waals surface area contributed by atoms with Gasteiger partial charge in [-0.3, -0.25) is 0 Å². The van der Waals surface area contributed by atoms with Gasteiger partial charge in [0, 0.05) is 28.9 Å². The minimum Gasteiger partial charge on any atom is -0.365 e. The molecule has 0 aliphatic rings. The summed E-state index contributed by atoms with van der Waals surface area (Å²) in [5, 5.41) is 0. The second-order valence-electron chi connectivity index (χ2n) is 3.90. The maximum atomic E-state index is 13.1. The molecule has 2 rings (SSSR count). The molecule has 1 nitrogen and oxygen atoms in total. The normalized spacial score (nSPS) is 10.5. The third-order valence-electron chi connectivity index (χ3n) is 2.59. The molecule has 1 aromatic heterocycles. The van der Waals surface area contributed by atoms with Crippen LogP contribution in [0.25, 0.3) is 0 Å². The van der Waals surface area contributed by atoms with Gasteiger partial charge in [-0.05, 0) is 36.2 Å². The lowest BCUT2D eigenvalue weighted by Gasteiger charge is -2.06. The van der Waals surface area contributed by atoms with E-state index in [-0.39, 0.29) is 0 Å². The Kier molecular flexibility index (Phi) is 3.33. The molecule has 0 saturated carbocycles. The predicted molar refractivity (Wildman–Crippen MR) is 65.5 cm³/mol. The highest BCUT2D eigenvalue weighted by Gasteiger charge is 2.05. The van der Waals surface area contributed by atoms with Crippen molar-refractivity contribution in [3.8, 4) is 0 Å². The van der Waals surface area contributed by atoms with Gasteiger partial charge in [-0.25, -0.2) is 8.78 Å². The Morgan fingerprint density at radius 2 is 1.82 bits per heavy atom. The van der Waals surface area contributed by atoms with E-state index in [0.717, 1.165) is 17.3 Å². The SMILES string of the molecule is Cc1[nH]ccc(=S)c1Cc1cc(F)cc(F)c1. The fourth-order valence-corrected chi connectivity index (χ4v) is 2.04. The molecule has 0 radical (unpaired) electrons. The summed E-state index contributed by atoms with van der Waals surface area (Å²) in [5.74, 6) is -1.13. The van der Waals surface area contributed by atoms with Crippen molar-refractivity contribution in [3.05, 3.63) is 63.4 Å². The third-order valence-corrected chi connectivity index (χ3v) is 2.97. The maximum absolute atomic E-state index is 13.1. The van der Waals surface area contributed by atoms with Crippen molar-refractivity contribution in [2.24, 2.45) is 0 Å². The number of aromatic amines is 1. The molecule has 2 aromatic rings. The average Bonchev–Trinajstić information content (AvgIpc) is 2.22. The minimum absolute atomic E-state index is 0.427. The molecule has 1 heterocycles. The van der Waals surface area contributed by atoms with Crippen molar-refractivity contribution < 1.29 is 8.78 Å². The zero-order valence-corrected chi connectivity index (χ0v) is 10.1. The summed E-state index contributed by atoms with van der Waals surface area (Å²) in [6, 6.07) is 5.28. The number of benzene rings is 1. The van der Waals surface area contributed by atoms with Gasteiger partial charge >= 0.3 is 0 Å². The molecular weight excluding hydrogens is 240 g/mol. The van der Waals surface area contributed by atoms with E-state index >= 15 is 0 Å². The van der Waals surface area contributed by atoms with E-state index in [1.807, 2.05) is 6.92 Å². The van der Waals surface area contributed by atoms with Gasteiger partial charge in [-0.15, -0.1) is 0 Å². The summed E-state index contributed by atoms with van der Waals surface area (Å²) in [4.78, 5) is 3.04. The highest BCUT2D eigenvalue weighted by Crippen LogP contribution is 2.16. The number of aryl methyl sites for hydroxylation is 1. The standard InChI is InChI=1S/C13H11F2NS/c1-8-12(13(17)2-3-16-8)6-9-4-10(14)7-11(15)5-9/h2-5,7H,6H2,1H3,(H,16,17). The Morgan fingerprint density at radius 3 is 2.41 bits per heavy atom. The van der Waals surface area contributed by atoms with Gasteiger partial charge in [0.05, 0.1) is 0 Å². The lowest BCUT2D eigenvalue weighted by molar-refractivity contribution is 0.580. The summed E-state index contributed by atoms with van der Waals surface area (Å²) >= 11 is 5.20. The number of H-pyrrole nitrogens is 1. The number of aromatic nitrogens is 1. The first kappa shape index (κ1) is 11.9. The average molecular weight is 251 g/mol. The Hall–Kier alpha value is -1.55. The van der Waals surface area contributed by atoms with Crippen LogP contribution in [0, 0.1) is 23.1 Å². The van der Waals surface area contributed by atoms with Gasteiger partial charge in [0.25, 0.3) is 0 Å². The van der Waals surface area contributed by atoms with Crippen LogP contribution >= 0.6 is 12.2 Å². The van der Waals surface area contributed by atoms with E-state index in [4.69, 9.17) is 12.2 Å². The molecule has 0 atom stereocenters. The summed E-state index contributed by atoms with van der Waals surface area (Å²) in [5.41, 5.74) is 2.39. The van der Waals surface area contributed by atoms with Crippen molar-refractivity contribution in [1.29, 1.82) is 0 Å². The maximum Gasteiger partial charge on any atom is 0.126 e. The van der Waals surface area contributed by atoms with Crippen LogP contribution in [-0.4, -0.2) is 4.98 Å². The van der Waals surface area contributed by atoms with E-state index in [1.165, 1.54) is 12.1 Å². The molecule has 88 valence electrons. The van der Waals surface area contributed by atoms with Crippen molar-refractivity contribution in [1.82, 2.24) is 4.98 Å². The third kappa shape index (κ3) is 2.77. The van der Waals surface area contributed by atoms with Gasteiger partial charge in [0.1, 0.15) is 11.6 Å². The fourth-order valence-electron chi connectivity index (χ4n) is 1.75. The van der Waals surface area contributed by atoms with E-state index in [0.29, 0.717) is 16.5 Å². The van der Waals surface area contributed by atoms with E-state index in [1.54, 1.807) is 12.3 Å². The Bertz CT molecular complexity index is 584. The summed E-state index contributed by atoms with van der Waals surface area (Å²) < 4.78 is 26.8. The number of pyridine rings is 1. The first-order valence-corrected chi connectivity index (χ1v) is 5.59. The van der Waals surface area contributed by atoms with Gasteiger partial charge < -0.3 is 4.98 Å². The quantitative estimate of drug-likeness (QED) is 0.800. The molecule has 0 aliphatic heterocycles. The predicted octanol–water partition coefficient (Wildman–Crippen LogP) is 3.92. The van der Waals surface area contributed by atoms with Crippen LogP contribution < -0.4 is 0 Å². The minimum atomic E-state index is -0.566. The van der Waals surface area contributed by atoms with Crippen LogP contribution in [0.2, 0.25) is 0 Å². The van der Waals surface area contributed by atoms with Crippen LogP contribution in [-0.2, 0) is 6.42 Å². The lowest BCUT2D eigenvalue weighted by atomic mass is 10.0. The smallest absolute Gasteiger partial charge is 0.126 e. The molecule has 0 bridgehead atoms. The topological polar surface area (TPSA) is 15.8 Å². The highest BCUT2D eigenvalue weighted by atomic mass is 32.1. The number of hydrogen-bond acceptors (Lipinski definition) is 1. The number of nitrogens with one attached hydrogen (secondary N) is 1. The van der Waals surface area contributed by atoms with Gasteiger partial charge in [0.15, 0.2) is 0 Å². The molecule has 4 heteroatoms. The van der Waals surface area contributed by atoms with Gasteiger partial charge in [0.2, 0.25) is 0 Å². The Morgan fingerprint density at radius 1 is 1.18 bits per heavy atom. The summed E-state index contributed by atoms with van der Waals surface area (Å²) in [6.45, 7) is 1.89. The van der Waals surface area contributed by atoms with Crippen LogP contribution in [0.5, 0.6) is 0 Å². The van der Waals surface area contributed by atoms with Crippen molar-refractivity contribution in [3.63, 3.8) is 0 Å². The Balaban J connectivity index is 2.41. The molecule has 1 aromatic carbocycles. The molecule has 0 amide bonds. The van der Waals surface area contributed by atoms with Crippen LogP contribution in [0.1, 0.15) is 16.8 Å². The second-order valence-corrected chi connectivity index (χ2v) is 4.34. The summed E-state index contributed by atoms with van der Waals surface area (Å²) in [7, 11) is 0. The fraction of sp³-hybridized carbons (Fsp3) is 0.154. The number of hydrogen-bond donors (Lipinski definition) is 1. The van der Waals surface area contributed by atoms with Crippen LogP contribution in [0.3, 0.4) is 0 Å². The molecular formula is C13H11F2NS. The van der Waals surface area contributed by atoms with Gasteiger partial charge in [-0.2, -0.15) is 0 Å². The summed E-state index contributed by atoms with van der Waals surface area (Å²) in [6.07, 6.45) is 2.18. The van der Waals surface area contributed by atoms with E-state index in [2.05, 4.69) is 4.98 Å². The lowest BCUT2D eigenvalue weighted by Crippen LogP contribution is -1.96. The molecule has 0 spiro atoms. The second kappa shape index (κ2) is 4.75. The molecule has 1 N–H and O–H groups in total. The number of rotatable bonds is 2. The molecule has 0 aliphatic carbocycles. The molecule has 0 unspecified atom stereocenters. The molecule has 17 heavy (non-hydrogen) atoms. The monoisotopic (exact) mass is 251 g/mol. The van der Waals surface area contributed by atoms with Crippen molar-refractivity contribution in [2.45, 2.75) is 13.3 Å². The van der Waals surface area contributed by atoms with E-state index in [9.17, 15) is 8.78 Å². The van der Waals surface area contributed by atoms with E-state index < -0.39 is 11.6 Å². The van der Waals surface area contributed by atoms with Crippen molar-refractivity contribution in [2.75, 3.05) is 0 Å². The largest absolute Gasteiger partial charge is 0.365 e. The zero-order valence-electron chi connectivity index (χ0n) is 9.26. The highest BCUT2D eigenvalue weighted by molar-refractivity contribution is 7.71. The zero-order chi connectivity index (χ0) is 12.4. The van der Waals surface area contributed by atoms with Crippen LogP contribution in [0.4, 0.5) is 8.78 Å². The van der Waals surface area contributed by atoms with Crippen LogP contribution in [0.15, 0.2) is 30.5 Å². The first-order chi connectivity index (χ1) is 8.06. The van der Waals surface area contributed by atoms with Crippen molar-refractivity contribution >= 4 is 12.2 Å². The number of halogens is 2. The molecule has 0 fully saturated rings. The Labute approximate surface area is 103 Å². The first-order valence-electron chi connectivity index (χ1n) is 5.18. The van der Waals surface area contributed by atoms with Gasteiger partial charge in [-0.1, -0.05) is 12.2 Å². The molecule has 0 saturated heterocycles.